The fourth-order valence-electron chi connectivity index (χ4n) is 2.84. The lowest BCUT2D eigenvalue weighted by molar-refractivity contribution is -0.130. The second-order valence-electron chi connectivity index (χ2n) is 5.51. The Morgan fingerprint density at radius 2 is 1.84 bits per heavy atom. The predicted octanol–water partition coefficient (Wildman–Crippen LogP) is 2.81. The minimum atomic E-state index is -1.06. The minimum Gasteiger partial charge on any atom is -0.378 e. The van der Waals surface area contributed by atoms with Gasteiger partial charge in [0, 0.05) is 6.04 Å². The molecule has 0 aliphatic heterocycles. The van der Waals surface area contributed by atoms with Crippen LogP contribution < -0.4 is 5.32 Å². The van der Waals surface area contributed by atoms with Crippen molar-refractivity contribution in [2.45, 2.75) is 51.2 Å². The van der Waals surface area contributed by atoms with E-state index in [1.165, 1.54) is 32.1 Å². The number of carbonyl (C=O) groups is 1. The molecule has 0 bridgehead atoms. The fraction of sp³-hybridized carbons (Fsp3) is 0.562. The molecular weight excluding hydrogens is 238 g/mol. The van der Waals surface area contributed by atoms with Gasteiger partial charge in [-0.05, 0) is 31.2 Å². The zero-order valence-corrected chi connectivity index (χ0v) is 11.5. The molecule has 1 fully saturated rings. The number of hydrogen-bond acceptors (Lipinski definition) is 2. The van der Waals surface area contributed by atoms with Crippen LogP contribution in [0.1, 0.15) is 50.7 Å². The third-order valence-corrected chi connectivity index (χ3v) is 4.09. The van der Waals surface area contributed by atoms with Gasteiger partial charge in [0.25, 0.3) is 5.91 Å². The maximum atomic E-state index is 12.0. The summed E-state index contributed by atoms with van der Waals surface area (Å²) in [5.41, 5.74) is 0.649. The lowest BCUT2D eigenvalue weighted by Gasteiger charge is -2.29. The van der Waals surface area contributed by atoms with Crippen LogP contribution in [0.5, 0.6) is 0 Å². The van der Waals surface area contributed by atoms with Gasteiger partial charge in [0.1, 0.15) is 0 Å². The summed E-state index contributed by atoms with van der Waals surface area (Å²) < 4.78 is 0. The number of nitrogens with one attached hydrogen (secondary N) is 1. The van der Waals surface area contributed by atoms with Crippen LogP contribution in [0.3, 0.4) is 0 Å². The standard InChI is InChI=1S/C16H23NO2/c1-12(13-8-4-2-5-9-13)17-16(19)15(18)14-10-6-3-7-11-14/h3,6-7,10-13,15,18H,2,4-5,8-9H2,1H3,(H,17,19). The monoisotopic (exact) mass is 261 g/mol. The van der Waals surface area contributed by atoms with Crippen molar-refractivity contribution in [3.63, 3.8) is 0 Å². The van der Waals surface area contributed by atoms with Gasteiger partial charge in [0.05, 0.1) is 0 Å². The van der Waals surface area contributed by atoms with Crippen molar-refractivity contribution in [3.05, 3.63) is 35.9 Å². The summed E-state index contributed by atoms with van der Waals surface area (Å²) in [5.74, 6) is 0.268. The van der Waals surface area contributed by atoms with Crippen molar-refractivity contribution in [3.8, 4) is 0 Å². The third kappa shape index (κ3) is 3.80. The number of carbonyl (C=O) groups excluding carboxylic acids is 1. The summed E-state index contributed by atoms with van der Waals surface area (Å²) >= 11 is 0. The Balaban J connectivity index is 1.89. The molecule has 3 nitrogen and oxygen atoms in total. The fourth-order valence-corrected chi connectivity index (χ4v) is 2.84. The molecule has 3 heteroatoms. The number of amides is 1. The first kappa shape index (κ1) is 14.1. The Morgan fingerprint density at radius 3 is 2.47 bits per heavy atom. The van der Waals surface area contributed by atoms with Crippen LogP contribution in [0.15, 0.2) is 30.3 Å². The van der Waals surface area contributed by atoms with E-state index in [1.807, 2.05) is 25.1 Å². The molecule has 2 N–H and O–H groups in total. The van der Waals surface area contributed by atoms with Gasteiger partial charge >= 0.3 is 0 Å². The van der Waals surface area contributed by atoms with Crippen molar-refractivity contribution in [2.24, 2.45) is 5.92 Å². The Hall–Kier alpha value is -1.35. The van der Waals surface area contributed by atoms with Crippen molar-refractivity contribution in [2.75, 3.05) is 0 Å². The van der Waals surface area contributed by atoms with Crippen LogP contribution in [-0.2, 0) is 4.79 Å². The molecule has 1 aliphatic rings. The van der Waals surface area contributed by atoms with Crippen molar-refractivity contribution >= 4 is 5.91 Å². The van der Waals surface area contributed by atoms with Crippen LogP contribution in [-0.4, -0.2) is 17.1 Å². The molecule has 0 radical (unpaired) electrons. The molecule has 104 valence electrons. The molecule has 2 rings (SSSR count). The molecule has 2 unspecified atom stereocenters. The van der Waals surface area contributed by atoms with Crippen LogP contribution in [0.4, 0.5) is 0 Å². The maximum Gasteiger partial charge on any atom is 0.253 e. The number of hydrogen-bond donors (Lipinski definition) is 2. The average Bonchev–Trinajstić information content (AvgIpc) is 2.48. The predicted molar refractivity (Wildman–Crippen MR) is 75.6 cm³/mol. The number of rotatable bonds is 4. The Bertz CT molecular complexity index is 398. The van der Waals surface area contributed by atoms with Crippen LogP contribution in [0.25, 0.3) is 0 Å². The second-order valence-corrected chi connectivity index (χ2v) is 5.51. The van der Waals surface area contributed by atoms with E-state index in [2.05, 4.69) is 5.32 Å². The second kappa shape index (κ2) is 6.71. The summed E-state index contributed by atoms with van der Waals surface area (Å²) in [6.45, 7) is 2.05. The van der Waals surface area contributed by atoms with Crippen molar-refractivity contribution in [1.29, 1.82) is 0 Å². The molecule has 0 saturated heterocycles. The van der Waals surface area contributed by atoms with Gasteiger partial charge < -0.3 is 10.4 Å². The van der Waals surface area contributed by atoms with Gasteiger partial charge in [-0.1, -0.05) is 49.6 Å². The lowest BCUT2D eigenvalue weighted by Crippen LogP contribution is -2.41. The quantitative estimate of drug-likeness (QED) is 0.875. The van der Waals surface area contributed by atoms with Gasteiger partial charge in [0.15, 0.2) is 6.10 Å². The number of aliphatic hydroxyl groups is 1. The van der Waals surface area contributed by atoms with Gasteiger partial charge in [-0.3, -0.25) is 4.79 Å². The molecule has 2 atom stereocenters. The van der Waals surface area contributed by atoms with Crippen molar-refractivity contribution < 1.29 is 9.90 Å². The number of aliphatic hydroxyl groups excluding tert-OH is 1. The minimum absolute atomic E-state index is 0.145. The van der Waals surface area contributed by atoms with E-state index in [4.69, 9.17) is 0 Å². The molecule has 1 saturated carbocycles. The summed E-state index contributed by atoms with van der Waals surface area (Å²) in [5, 5.41) is 13.0. The first-order chi connectivity index (χ1) is 9.18. The highest BCUT2D eigenvalue weighted by Gasteiger charge is 2.24. The smallest absolute Gasteiger partial charge is 0.253 e. The first-order valence-electron chi connectivity index (χ1n) is 7.22. The largest absolute Gasteiger partial charge is 0.378 e. The van der Waals surface area contributed by atoms with E-state index < -0.39 is 6.10 Å². The van der Waals surface area contributed by atoms with E-state index in [-0.39, 0.29) is 11.9 Å². The third-order valence-electron chi connectivity index (χ3n) is 4.09. The van der Waals surface area contributed by atoms with Gasteiger partial charge in [-0.25, -0.2) is 0 Å². The number of benzene rings is 1. The van der Waals surface area contributed by atoms with Crippen molar-refractivity contribution in [1.82, 2.24) is 5.32 Å². The first-order valence-corrected chi connectivity index (χ1v) is 7.22. The Kier molecular flexibility index (Phi) is 4.97. The molecule has 1 aromatic carbocycles. The molecule has 19 heavy (non-hydrogen) atoms. The maximum absolute atomic E-state index is 12.0. The zero-order chi connectivity index (χ0) is 13.7. The topological polar surface area (TPSA) is 49.3 Å². The normalized spacial score (nSPS) is 19.7. The van der Waals surface area contributed by atoms with Crippen LogP contribution >= 0.6 is 0 Å². The summed E-state index contributed by atoms with van der Waals surface area (Å²) in [4.78, 5) is 12.0. The molecule has 0 heterocycles. The molecular formula is C16H23NO2. The van der Waals surface area contributed by atoms with E-state index in [0.717, 1.165) is 0 Å². The van der Waals surface area contributed by atoms with E-state index >= 15 is 0 Å². The molecule has 1 amide bonds. The average molecular weight is 261 g/mol. The van der Waals surface area contributed by atoms with E-state index in [9.17, 15) is 9.90 Å². The summed E-state index contributed by atoms with van der Waals surface area (Å²) in [6, 6.07) is 9.22. The summed E-state index contributed by atoms with van der Waals surface area (Å²) in [7, 11) is 0. The highest BCUT2D eigenvalue weighted by Crippen LogP contribution is 2.26. The zero-order valence-electron chi connectivity index (χ0n) is 11.5. The van der Waals surface area contributed by atoms with Gasteiger partial charge in [-0.2, -0.15) is 0 Å². The SMILES string of the molecule is CC(NC(=O)C(O)c1ccccc1)C1CCCCC1. The van der Waals surface area contributed by atoms with Crippen LogP contribution in [0, 0.1) is 5.92 Å². The molecule has 0 aromatic heterocycles. The summed E-state index contributed by atoms with van der Waals surface area (Å²) in [6.07, 6.45) is 5.13. The van der Waals surface area contributed by atoms with E-state index in [1.54, 1.807) is 12.1 Å². The molecule has 1 aliphatic carbocycles. The highest BCUT2D eigenvalue weighted by atomic mass is 16.3. The Labute approximate surface area is 115 Å². The van der Waals surface area contributed by atoms with Crippen LogP contribution in [0.2, 0.25) is 0 Å². The van der Waals surface area contributed by atoms with Gasteiger partial charge in [0.2, 0.25) is 0 Å². The molecule has 0 spiro atoms. The van der Waals surface area contributed by atoms with Gasteiger partial charge in [-0.15, -0.1) is 0 Å². The lowest BCUT2D eigenvalue weighted by atomic mass is 9.84. The van der Waals surface area contributed by atoms with E-state index in [0.29, 0.717) is 11.5 Å². The Morgan fingerprint density at radius 1 is 1.21 bits per heavy atom. The molecule has 1 aromatic rings. The highest BCUT2D eigenvalue weighted by molar-refractivity contribution is 5.82.